The summed E-state index contributed by atoms with van der Waals surface area (Å²) in [4.78, 5) is 11.5. The van der Waals surface area contributed by atoms with Crippen LogP contribution in [-0.4, -0.2) is 29.1 Å². The fourth-order valence-electron chi connectivity index (χ4n) is 1.92. The van der Waals surface area contributed by atoms with Gasteiger partial charge in [-0.3, -0.25) is 0 Å². The SMILES string of the molecule is CCNc1cc(N(CC)C(C)C)nc(C(C)C)n1. The van der Waals surface area contributed by atoms with Crippen molar-refractivity contribution in [1.82, 2.24) is 9.97 Å². The van der Waals surface area contributed by atoms with E-state index >= 15 is 0 Å². The smallest absolute Gasteiger partial charge is 0.135 e. The molecule has 0 unspecified atom stereocenters. The van der Waals surface area contributed by atoms with Gasteiger partial charge in [0.1, 0.15) is 17.5 Å². The van der Waals surface area contributed by atoms with Crippen LogP contribution in [0.5, 0.6) is 0 Å². The molecule has 1 heterocycles. The van der Waals surface area contributed by atoms with Crippen molar-refractivity contribution >= 4 is 11.6 Å². The van der Waals surface area contributed by atoms with Gasteiger partial charge in [0.2, 0.25) is 0 Å². The lowest BCUT2D eigenvalue weighted by Gasteiger charge is -2.27. The maximum absolute atomic E-state index is 4.68. The van der Waals surface area contributed by atoms with Crippen molar-refractivity contribution < 1.29 is 0 Å². The van der Waals surface area contributed by atoms with Gasteiger partial charge in [-0.2, -0.15) is 0 Å². The van der Waals surface area contributed by atoms with Crippen molar-refractivity contribution in [3.63, 3.8) is 0 Å². The normalized spacial score (nSPS) is 11.1. The molecule has 1 N–H and O–H groups in total. The lowest BCUT2D eigenvalue weighted by Crippen LogP contribution is -2.31. The van der Waals surface area contributed by atoms with Gasteiger partial charge in [0, 0.05) is 31.1 Å². The molecule has 0 aromatic carbocycles. The Hall–Kier alpha value is -1.32. The molecule has 0 aliphatic heterocycles. The molecule has 1 aromatic heterocycles. The van der Waals surface area contributed by atoms with E-state index in [0.717, 1.165) is 30.5 Å². The van der Waals surface area contributed by atoms with E-state index in [9.17, 15) is 0 Å². The van der Waals surface area contributed by atoms with Gasteiger partial charge in [-0.15, -0.1) is 0 Å². The van der Waals surface area contributed by atoms with Crippen LogP contribution in [0.4, 0.5) is 11.6 Å². The summed E-state index contributed by atoms with van der Waals surface area (Å²) in [7, 11) is 0. The van der Waals surface area contributed by atoms with Crippen molar-refractivity contribution in [2.45, 2.75) is 53.5 Å². The van der Waals surface area contributed by atoms with E-state index in [4.69, 9.17) is 0 Å². The number of anilines is 2. The molecule has 1 rings (SSSR count). The summed E-state index contributed by atoms with van der Waals surface area (Å²) >= 11 is 0. The number of nitrogens with one attached hydrogen (secondary N) is 1. The van der Waals surface area contributed by atoms with E-state index < -0.39 is 0 Å². The third-order valence-corrected chi connectivity index (χ3v) is 2.86. The van der Waals surface area contributed by atoms with Gasteiger partial charge in [0.05, 0.1) is 0 Å². The summed E-state index contributed by atoms with van der Waals surface area (Å²) in [6.45, 7) is 14.7. The van der Waals surface area contributed by atoms with Gasteiger partial charge in [0.15, 0.2) is 0 Å². The molecule has 0 amide bonds. The number of hydrogen-bond acceptors (Lipinski definition) is 4. The number of hydrogen-bond donors (Lipinski definition) is 1. The molecule has 102 valence electrons. The quantitative estimate of drug-likeness (QED) is 0.841. The van der Waals surface area contributed by atoms with Gasteiger partial charge in [0.25, 0.3) is 0 Å². The summed E-state index contributed by atoms with van der Waals surface area (Å²) in [5.41, 5.74) is 0. The third-order valence-electron chi connectivity index (χ3n) is 2.86. The summed E-state index contributed by atoms with van der Waals surface area (Å²) in [5, 5.41) is 3.28. The second-order valence-electron chi connectivity index (χ2n) is 5.03. The van der Waals surface area contributed by atoms with E-state index in [-0.39, 0.29) is 0 Å². The molecule has 0 atom stereocenters. The van der Waals surface area contributed by atoms with E-state index in [1.165, 1.54) is 0 Å². The molecule has 0 fully saturated rings. The molecule has 0 saturated carbocycles. The van der Waals surface area contributed by atoms with Gasteiger partial charge >= 0.3 is 0 Å². The molecule has 1 aromatic rings. The topological polar surface area (TPSA) is 41.0 Å². The summed E-state index contributed by atoms with van der Waals surface area (Å²) in [6, 6.07) is 2.48. The van der Waals surface area contributed by atoms with Gasteiger partial charge in [-0.05, 0) is 27.7 Å². The molecular formula is C14H26N4. The summed E-state index contributed by atoms with van der Waals surface area (Å²) in [6.07, 6.45) is 0. The van der Waals surface area contributed by atoms with Crippen LogP contribution in [0, 0.1) is 0 Å². The highest BCUT2D eigenvalue weighted by Gasteiger charge is 2.14. The molecule has 18 heavy (non-hydrogen) atoms. The molecule has 0 saturated heterocycles. The van der Waals surface area contributed by atoms with Crippen LogP contribution in [0.3, 0.4) is 0 Å². The minimum Gasteiger partial charge on any atom is -0.370 e. The molecule has 0 aliphatic rings. The van der Waals surface area contributed by atoms with Crippen molar-refractivity contribution in [2.24, 2.45) is 0 Å². The Kier molecular flexibility index (Phi) is 5.38. The van der Waals surface area contributed by atoms with Crippen molar-refractivity contribution in [3.8, 4) is 0 Å². The van der Waals surface area contributed by atoms with Gasteiger partial charge in [-0.1, -0.05) is 13.8 Å². The Morgan fingerprint density at radius 2 is 1.83 bits per heavy atom. The zero-order chi connectivity index (χ0) is 13.7. The Morgan fingerprint density at radius 3 is 2.28 bits per heavy atom. The van der Waals surface area contributed by atoms with E-state index in [1.807, 2.05) is 6.07 Å². The third kappa shape index (κ3) is 3.59. The molecule has 0 radical (unpaired) electrons. The largest absolute Gasteiger partial charge is 0.370 e. The summed E-state index contributed by atoms with van der Waals surface area (Å²) < 4.78 is 0. The zero-order valence-corrected chi connectivity index (χ0v) is 12.5. The highest BCUT2D eigenvalue weighted by Crippen LogP contribution is 2.21. The van der Waals surface area contributed by atoms with Crippen LogP contribution in [0.2, 0.25) is 0 Å². The van der Waals surface area contributed by atoms with Crippen LogP contribution in [0.25, 0.3) is 0 Å². The first-order valence-electron chi connectivity index (χ1n) is 6.89. The second-order valence-corrected chi connectivity index (χ2v) is 5.03. The van der Waals surface area contributed by atoms with E-state index in [2.05, 4.69) is 61.7 Å². The van der Waals surface area contributed by atoms with E-state index in [0.29, 0.717) is 12.0 Å². The first-order valence-corrected chi connectivity index (χ1v) is 6.89. The minimum absolute atomic E-state index is 0.341. The fourth-order valence-corrected chi connectivity index (χ4v) is 1.92. The van der Waals surface area contributed by atoms with Crippen LogP contribution in [0.1, 0.15) is 53.3 Å². The highest BCUT2D eigenvalue weighted by atomic mass is 15.2. The molecule has 0 bridgehead atoms. The lowest BCUT2D eigenvalue weighted by atomic mass is 10.2. The number of nitrogens with zero attached hydrogens (tertiary/aromatic N) is 3. The van der Waals surface area contributed by atoms with Crippen molar-refractivity contribution in [2.75, 3.05) is 23.3 Å². The first-order chi connectivity index (χ1) is 8.49. The zero-order valence-electron chi connectivity index (χ0n) is 12.5. The average molecular weight is 250 g/mol. The molecule has 0 spiro atoms. The van der Waals surface area contributed by atoms with E-state index in [1.54, 1.807) is 0 Å². The Labute approximate surface area is 111 Å². The predicted octanol–water partition coefficient (Wildman–Crippen LogP) is 3.27. The number of aromatic nitrogens is 2. The van der Waals surface area contributed by atoms with Gasteiger partial charge in [-0.25, -0.2) is 9.97 Å². The van der Waals surface area contributed by atoms with Crippen LogP contribution < -0.4 is 10.2 Å². The second kappa shape index (κ2) is 6.57. The standard InChI is InChI=1S/C14H26N4/c1-7-15-12-9-13(18(8-2)11(5)6)17-14(16-12)10(3)4/h9-11H,7-8H2,1-6H3,(H,15,16,17). The highest BCUT2D eigenvalue weighted by molar-refractivity contribution is 5.50. The maximum atomic E-state index is 4.68. The average Bonchev–Trinajstić information content (AvgIpc) is 2.29. The fraction of sp³-hybridized carbons (Fsp3) is 0.714. The first kappa shape index (κ1) is 14.7. The maximum Gasteiger partial charge on any atom is 0.135 e. The lowest BCUT2D eigenvalue weighted by molar-refractivity contribution is 0.680. The number of rotatable bonds is 6. The molecule has 4 heteroatoms. The summed E-state index contributed by atoms with van der Waals surface area (Å²) in [5.74, 6) is 3.18. The minimum atomic E-state index is 0.341. The Bertz CT molecular complexity index is 374. The predicted molar refractivity (Wildman–Crippen MR) is 78.4 cm³/mol. The van der Waals surface area contributed by atoms with Crippen LogP contribution in [-0.2, 0) is 0 Å². The van der Waals surface area contributed by atoms with Gasteiger partial charge < -0.3 is 10.2 Å². The van der Waals surface area contributed by atoms with Crippen LogP contribution in [0.15, 0.2) is 6.07 Å². The molecule has 4 nitrogen and oxygen atoms in total. The van der Waals surface area contributed by atoms with Crippen LogP contribution >= 0.6 is 0 Å². The Morgan fingerprint density at radius 1 is 1.17 bits per heavy atom. The Balaban J connectivity index is 3.16. The monoisotopic (exact) mass is 250 g/mol. The van der Waals surface area contributed by atoms with Crippen molar-refractivity contribution in [1.29, 1.82) is 0 Å². The molecule has 0 aliphatic carbocycles. The van der Waals surface area contributed by atoms with Crippen molar-refractivity contribution in [3.05, 3.63) is 11.9 Å². The molecular weight excluding hydrogens is 224 g/mol.